The molecule has 492 valence electrons. The maximum Gasteiger partial charge on any atom is 0.472 e. The number of unbranched alkanes of at least 4 members (excludes halogenated alkanes) is 26. The van der Waals surface area contributed by atoms with Crippen molar-refractivity contribution in [2.24, 2.45) is 23.7 Å². The quantitative estimate of drug-likeness (QED) is 0.0222. The second kappa shape index (κ2) is 54.2. The van der Waals surface area contributed by atoms with Gasteiger partial charge in [0.25, 0.3) is 0 Å². The van der Waals surface area contributed by atoms with Crippen molar-refractivity contribution in [3.05, 3.63) is 0 Å². The highest BCUT2D eigenvalue weighted by molar-refractivity contribution is 7.47. The standard InChI is InChI=1S/C64H124O17P2/c1-9-57(8)43-35-27-19-11-13-21-30-38-46-63(68)80-59(51-75-62(67)45-37-29-22-14-17-25-33-41-55(4)5)52-78-82(70,71)76-48-58(65)49-77-83(72,73)79-53-60(81-64(69)47-39-31-23-15-18-26-34-42-56(6)7)50-74-61(66)44-36-28-20-12-10-16-24-32-40-54(2)3/h54-60,65H,9-53H2,1-8H3,(H,70,71)(H,72,73)/t57?,58?,59-,60-/m1/s1. The highest BCUT2D eigenvalue weighted by Gasteiger charge is 2.30. The highest BCUT2D eigenvalue weighted by atomic mass is 31.2. The van der Waals surface area contributed by atoms with Crippen molar-refractivity contribution < 1.29 is 80.2 Å². The molecule has 17 nitrogen and oxygen atoms in total. The van der Waals surface area contributed by atoms with Crippen LogP contribution >= 0.6 is 15.6 Å². The van der Waals surface area contributed by atoms with Gasteiger partial charge in [0.1, 0.15) is 19.3 Å². The number of carbonyl (C=O) groups excluding carboxylic acids is 4. The summed E-state index contributed by atoms with van der Waals surface area (Å²) >= 11 is 0. The Kier molecular flexibility index (Phi) is 53.0. The van der Waals surface area contributed by atoms with E-state index in [1.807, 2.05) is 0 Å². The Morgan fingerprint density at radius 1 is 0.337 bits per heavy atom. The first kappa shape index (κ1) is 81.1. The summed E-state index contributed by atoms with van der Waals surface area (Å²) < 4.78 is 68.0. The minimum Gasteiger partial charge on any atom is -0.462 e. The first-order valence-electron chi connectivity index (χ1n) is 33.2. The summed E-state index contributed by atoms with van der Waals surface area (Å²) in [5.41, 5.74) is 0. The summed E-state index contributed by atoms with van der Waals surface area (Å²) in [5, 5.41) is 10.5. The largest absolute Gasteiger partial charge is 0.472 e. The number of phosphoric acid groups is 2. The lowest BCUT2D eigenvalue weighted by molar-refractivity contribution is -0.161. The second-order valence-corrected chi connectivity index (χ2v) is 27.7. The van der Waals surface area contributed by atoms with Gasteiger partial charge in [0.15, 0.2) is 12.2 Å². The smallest absolute Gasteiger partial charge is 0.462 e. The maximum absolute atomic E-state index is 13.0. The molecule has 83 heavy (non-hydrogen) atoms. The number of carbonyl (C=O) groups is 4. The van der Waals surface area contributed by atoms with Crippen molar-refractivity contribution in [2.75, 3.05) is 39.6 Å². The number of phosphoric ester groups is 2. The van der Waals surface area contributed by atoms with Gasteiger partial charge in [-0.15, -0.1) is 0 Å². The number of ether oxygens (including phenoxy) is 4. The fourth-order valence-corrected chi connectivity index (χ4v) is 11.0. The third-order valence-corrected chi connectivity index (χ3v) is 16.8. The van der Waals surface area contributed by atoms with E-state index in [1.165, 1.54) is 103 Å². The van der Waals surface area contributed by atoms with Crippen LogP contribution in [0.2, 0.25) is 0 Å². The second-order valence-electron chi connectivity index (χ2n) is 24.8. The molecule has 0 aromatic carbocycles. The van der Waals surface area contributed by atoms with E-state index in [9.17, 15) is 43.2 Å². The van der Waals surface area contributed by atoms with E-state index >= 15 is 0 Å². The van der Waals surface area contributed by atoms with Crippen molar-refractivity contribution in [2.45, 2.75) is 324 Å². The van der Waals surface area contributed by atoms with Gasteiger partial charge in [-0.05, 0) is 49.4 Å². The van der Waals surface area contributed by atoms with Gasteiger partial charge in [-0.1, -0.05) is 254 Å². The minimum atomic E-state index is -4.95. The summed E-state index contributed by atoms with van der Waals surface area (Å²) in [6.07, 6.45) is 33.6. The molecule has 0 rings (SSSR count). The Bertz CT molecular complexity index is 1660. The van der Waals surface area contributed by atoms with Crippen LogP contribution in [0.15, 0.2) is 0 Å². The van der Waals surface area contributed by atoms with E-state index in [2.05, 4.69) is 55.4 Å². The molecule has 19 heteroatoms. The third-order valence-electron chi connectivity index (χ3n) is 14.9. The van der Waals surface area contributed by atoms with Crippen molar-refractivity contribution >= 4 is 39.5 Å². The predicted molar refractivity (Wildman–Crippen MR) is 331 cm³/mol. The molecule has 0 aromatic heterocycles. The van der Waals surface area contributed by atoms with E-state index in [0.717, 1.165) is 108 Å². The molecule has 0 saturated carbocycles. The molecule has 0 aliphatic rings. The normalized spacial score (nSPS) is 14.8. The van der Waals surface area contributed by atoms with Gasteiger partial charge < -0.3 is 33.8 Å². The molecule has 3 N–H and O–H groups in total. The average molecular weight is 1230 g/mol. The highest BCUT2D eigenvalue weighted by Crippen LogP contribution is 2.45. The number of aliphatic hydroxyl groups is 1. The van der Waals surface area contributed by atoms with Crippen molar-refractivity contribution in [3.8, 4) is 0 Å². The minimum absolute atomic E-state index is 0.102. The van der Waals surface area contributed by atoms with Gasteiger partial charge in [0.05, 0.1) is 26.4 Å². The van der Waals surface area contributed by atoms with Gasteiger partial charge in [-0.2, -0.15) is 0 Å². The van der Waals surface area contributed by atoms with Gasteiger partial charge in [-0.25, -0.2) is 9.13 Å². The molecule has 0 heterocycles. The molecule has 4 unspecified atom stereocenters. The summed E-state index contributed by atoms with van der Waals surface area (Å²) in [7, 11) is -9.89. The first-order chi connectivity index (χ1) is 39.6. The summed E-state index contributed by atoms with van der Waals surface area (Å²) in [6.45, 7) is 13.9. The van der Waals surface area contributed by atoms with E-state index in [1.54, 1.807) is 0 Å². The number of rotatable bonds is 61. The van der Waals surface area contributed by atoms with Crippen LogP contribution in [0, 0.1) is 23.7 Å². The van der Waals surface area contributed by atoms with Gasteiger partial charge in [0.2, 0.25) is 0 Å². The summed E-state index contributed by atoms with van der Waals surface area (Å²) in [4.78, 5) is 72.2. The molecule has 6 atom stereocenters. The number of hydrogen-bond donors (Lipinski definition) is 3. The molecule has 0 aliphatic carbocycles. The van der Waals surface area contributed by atoms with E-state index in [4.69, 9.17) is 37.0 Å². The van der Waals surface area contributed by atoms with Gasteiger partial charge in [-0.3, -0.25) is 37.3 Å². The zero-order chi connectivity index (χ0) is 61.8. The average Bonchev–Trinajstić information content (AvgIpc) is 3.43. The Morgan fingerprint density at radius 3 is 0.855 bits per heavy atom. The predicted octanol–water partition coefficient (Wildman–Crippen LogP) is 17.4. The molecule has 0 spiro atoms. The lowest BCUT2D eigenvalue weighted by atomic mass is 9.99. The zero-order valence-corrected chi connectivity index (χ0v) is 55.6. The van der Waals surface area contributed by atoms with E-state index in [-0.39, 0.29) is 25.7 Å². The van der Waals surface area contributed by atoms with Crippen LogP contribution in [0.5, 0.6) is 0 Å². The fraction of sp³-hybridized carbons (Fsp3) is 0.938. The lowest BCUT2D eigenvalue weighted by Gasteiger charge is -2.21. The van der Waals surface area contributed by atoms with Crippen molar-refractivity contribution in [3.63, 3.8) is 0 Å². The van der Waals surface area contributed by atoms with Crippen molar-refractivity contribution in [1.82, 2.24) is 0 Å². The Hall–Kier alpha value is -1.94. The molecular weight excluding hydrogens is 1100 g/mol. The lowest BCUT2D eigenvalue weighted by Crippen LogP contribution is -2.30. The molecule has 0 aliphatic heterocycles. The van der Waals surface area contributed by atoms with Crippen LogP contribution in [0.3, 0.4) is 0 Å². The van der Waals surface area contributed by atoms with Crippen molar-refractivity contribution in [1.29, 1.82) is 0 Å². The summed E-state index contributed by atoms with van der Waals surface area (Å²) in [5.74, 6) is 0.754. The zero-order valence-electron chi connectivity index (χ0n) is 53.8. The number of esters is 4. The molecule has 0 bridgehead atoms. The maximum atomic E-state index is 13.0. The number of hydrogen-bond acceptors (Lipinski definition) is 15. The SMILES string of the molecule is CCC(C)CCCCCCCCCCC(=O)O[C@H](COC(=O)CCCCCCCCCC(C)C)COP(=O)(O)OCC(O)COP(=O)(O)OC[C@@H](COC(=O)CCCCCCCCCCC(C)C)OC(=O)CCCCCCCCCC(C)C. The Morgan fingerprint density at radius 2 is 0.578 bits per heavy atom. The first-order valence-corrected chi connectivity index (χ1v) is 36.2. The Labute approximate surface area is 505 Å². The van der Waals surface area contributed by atoms with Gasteiger partial charge >= 0.3 is 39.5 Å². The van der Waals surface area contributed by atoms with Crippen LogP contribution in [0.4, 0.5) is 0 Å². The fourth-order valence-electron chi connectivity index (χ4n) is 9.40. The monoisotopic (exact) mass is 1230 g/mol. The molecule has 0 fully saturated rings. The van der Waals surface area contributed by atoms with Crippen LogP contribution in [0.25, 0.3) is 0 Å². The molecule has 0 aromatic rings. The summed E-state index contributed by atoms with van der Waals surface area (Å²) in [6, 6.07) is 0. The molecule has 0 amide bonds. The van der Waals surface area contributed by atoms with Gasteiger partial charge in [0, 0.05) is 25.7 Å². The molecule has 0 saturated heterocycles. The van der Waals surface area contributed by atoms with Crippen LogP contribution in [0.1, 0.15) is 306 Å². The molecule has 0 radical (unpaired) electrons. The van der Waals surface area contributed by atoms with E-state index in [0.29, 0.717) is 37.5 Å². The van der Waals surface area contributed by atoms with Crippen LogP contribution in [-0.4, -0.2) is 96.7 Å². The van der Waals surface area contributed by atoms with E-state index < -0.39 is 97.5 Å². The van der Waals surface area contributed by atoms with Crippen LogP contribution < -0.4 is 0 Å². The topological polar surface area (TPSA) is 237 Å². The third kappa shape index (κ3) is 57.6. The Balaban J connectivity index is 5.26. The van der Waals surface area contributed by atoms with Crippen LogP contribution in [-0.2, 0) is 65.4 Å². The number of aliphatic hydroxyl groups excluding tert-OH is 1. The molecular formula is C64H124O17P2.